The van der Waals surface area contributed by atoms with Gasteiger partial charge in [-0.25, -0.2) is 17.7 Å². The van der Waals surface area contributed by atoms with Crippen molar-refractivity contribution in [3.63, 3.8) is 0 Å². The minimum Gasteiger partial charge on any atom is -0.324 e. The van der Waals surface area contributed by atoms with Gasteiger partial charge in [0.05, 0.1) is 11.9 Å². The van der Waals surface area contributed by atoms with Gasteiger partial charge in [-0.15, -0.1) is 0 Å². The van der Waals surface area contributed by atoms with Gasteiger partial charge in [-0.2, -0.15) is 10.1 Å². The molecule has 12 heteroatoms. The molecule has 0 amide bonds. The number of aryl methyl sites for hydroxylation is 3. The van der Waals surface area contributed by atoms with Crippen LogP contribution in [0.15, 0.2) is 24.4 Å². The first-order chi connectivity index (χ1) is 18.7. The van der Waals surface area contributed by atoms with Crippen LogP contribution in [-0.4, -0.2) is 76.3 Å². The Morgan fingerprint density at radius 2 is 1.82 bits per heavy atom. The van der Waals surface area contributed by atoms with E-state index in [1.54, 1.807) is 10.5 Å². The molecule has 10 nitrogen and oxygen atoms in total. The molecule has 2 aromatic heterocycles. The van der Waals surface area contributed by atoms with Crippen molar-refractivity contribution in [3.05, 3.63) is 51.8 Å². The highest BCUT2D eigenvalue weighted by molar-refractivity contribution is 7.89. The molecule has 2 aliphatic rings. The first-order valence-electron chi connectivity index (χ1n) is 13.6. The van der Waals surface area contributed by atoms with E-state index in [0.29, 0.717) is 48.0 Å². The number of aromatic nitrogens is 4. The minimum atomic E-state index is -3.06. The molecule has 0 spiro atoms. The fourth-order valence-electron chi connectivity index (χ4n) is 5.28. The van der Waals surface area contributed by atoms with E-state index in [4.69, 9.17) is 11.6 Å². The van der Waals surface area contributed by atoms with Crippen molar-refractivity contribution in [2.75, 3.05) is 49.1 Å². The molecule has 210 valence electrons. The summed E-state index contributed by atoms with van der Waals surface area (Å²) in [5.74, 6) is 2.33. The van der Waals surface area contributed by atoms with Crippen LogP contribution in [-0.2, 0) is 10.0 Å². The van der Waals surface area contributed by atoms with E-state index in [9.17, 15) is 8.42 Å². The van der Waals surface area contributed by atoms with Crippen LogP contribution in [0.4, 0.5) is 23.3 Å². The van der Waals surface area contributed by atoms with Gasteiger partial charge in [-0.1, -0.05) is 17.7 Å². The Morgan fingerprint density at radius 1 is 1.05 bits per heavy atom. The third-order valence-corrected chi connectivity index (χ3v) is 9.90. The number of rotatable bonds is 10. The normalized spacial score (nSPS) is 17.2. The van der Waals surface area contributed by atoms with E-state index in [1.807, 2.05) is 13.0 Å². The Kier molecular flexibility index (Phi) is 8.41. The average Bonchev–Trinajstić information content (AvgIpc) is 3.26. The molecule has 39 heavy (non-hydrogen) atoms. The lowest BCUT2D eigenvalue weighted by Crippen LogP contribution is -2.43. The molecule has 0 aliphatic carbocycles. The predicted molar refractivity (Wildman–Crippen MR) is 156 cm³/mol. The lowest BCUT2D eigenvalue weighted by atomic mass is 9.85. The summed E-state index contributed by atoms with van der Waals surface area (Å²) in [5.41, 5.74) is 5.64. The van der Waals surface area contributed by atoms with Gasteiger partial charge in [0.15, 0.2) is 11.6 Å². The number of H-pyrrole nitrogens is 1. The number of sulfonamides is 1. The predicted octanol–water partition coefficient (Wildman–Crippen LogP) is 4.87. The highest BCUT2D eigenvalue weighted by Gasteiger charge is 2.28. The van der Waals surface area contributed by atoms with Crippen molar-refractivity contribution in [1.29, 1.82) is 0 Å². The second-order valence-corrected chi connectivity index (χ2v) is 13.1. The van der Waals surface area contributed by atoms with E-state index < -0.39 is 10.0 Å². The van der Waals surface area contributed by atoms with Gasteiger partial charge < -0.3 is 15.5 Å². The largest absolute Gasteiger partial charge is 0.324 e. The molecule has 0 saturated carbocycles. The molecule has 4 heterocycles. The molecule has 0 unspecified atom stereocenters. The number of aromatic amines is 1. The van der Waals surface area contributed by atoms with Crippen LogP contribution in [0.3, 0.4) is 0 Å². The molecule has 2 aliphatic heterocycles. The van der Waals surface area contributed by atoms with Gasteiger partial charge in [0.25, 0.3) is 0 Å². The first-order valence-corrected chi connectivity index (χ1v) is 15.6. The summed E-state index contributed by atoms with van der Waals surface area (Å²) in [6, 6.07) is 6.32. The van der Waals surface area contributed by atoms with E-state index in [1.165, 1.54) is 11.1 Å². The van der Waals surface area contributed by atoms with E-state index in [-0.39, 0.29) is 5.75 Å². The molecule has 1 aromatic carbocycles. The highest BCUT2D eigenvalue weighted by Crippen LogP contribution is 2.34. The summed E-state index contributed by atoms with van der Waals surface area (Å²) in [4.78, 5) is 11.3. The van der Waals surface area contributed by atoms with Gasteiger partial charge in [0.1, 0.15) is 5.02 Å². The third kappa shape index (κ3) is 6.71. The zero-order valence-corrected chi connectivity index (χ0v) is 24.4. The van der Waals surface area contributed by atoms with Crippen LogP contribution < -0.4 is 10.6 Å². The summed E-state index contributed by atoms with van der Waals surface area (Å²) in [6.07, 6.45) is 5.42. The Labute approximate surface area is 235 Å². The molecule has 0 radical (unpaired) electrons. The molecular formula is C27H37ClN8O2S. The van der Waals surface area contributed by atoms with Crippen molar-refractivity contribution in [1.82, 2.24) is 29.4 Å². The number of benzene rings is 1. The van der Waals surface area contributed by atoms with E-state index in [0.717, 1.165) is 55.8 Å². The number of nitrogens with zero attached hydrogens (tertiary/aromatic N) is 5. The maximum atomic E-state index is 12.3. The van der Waals surface area contributed by atoms with Crippen molar-refractivity contribution in [2.24, 2.45) is 0 Å². The molecule has 2 saturated heterocycles. The lowest BCUT2D eigenvalue weighted by molar-refractivity contribution is 0.212. The monoisotopic (exact) mass is 572 g/mol. The van der Waals surface area contributed by atoms with Crippen LogP contribution in [0.5, 0.6) is 0 Å². The molecule has 0 atom stereocenters. The van der Waals surface area contributed by atoms with Crippen molar-refractivity contribution in [2.45, 2.75) is 52.4 Å². The van der Waals surface area contributed by atoms with Crippen molar-refractivity contribution in [3.8, 4) is 0 Å². The molecular weight excluding hydrogens is 536 g/mol. The summed E-state index contributed by atoms with van der Waals surface area (Å²) < 4.78 is 26.2. The number of hydrogen-bond donors (Lipinski definition) is 3. The zero-order chi connectivity index (χ0) is 27.6. The van der Waals surface area contributed by atoms with E-state index in [2.05, 4.69) is 61.7 Å². The van der Waals surface area contributed by atoms with Crippen LogP contribution in [0.25, 0.3) is 0 Å². The minimum absolute atomic E-state index is 0.261. The summed E-state index contributed by atoms with van der Waals surface area (Å²) >= 11 is 6.31. The maximum absolute atomic E-state index is 12.3. The lowest BCUT2D eigenvalue weighted by Gasteiger charge is -2.34. The molecule has 3 N–H and O–H groups in total. The second-order valence-electron chi connectivity index (χ2n) is 10.6. The molecule has 3 aromatic rings. The molecule has 2 fully saturated rings. The molecule has 5 rings (SSSR count). The van der Waals surface area contributed by atoms with Gasteiger partial charge in [-0.05, 0) is 94.8 Å². The Balaban J connectivity index is 1.17. The maximum Gasteiger partial charge on any atom is 0.229 e. The highest BCUT2D eigenvalue weighted by atomic mass is 35.5. The number of halogens is 1. The number of piperidine rings is 1. The Bertz CT molecular complexity index is 1420. The Morgan fingerprint density at radius 3 is 2.49 bits per heavy atom. The van der Waals surface area contributed by atoms with Crippen molar-refractivity contribution >= 4 is 44.9 Å². The number of likely N-dealkylation sites (tertiary alicyclic amines) is 1. The SMILES string of the molecule is Cc1cc(Nc2nc(Nc3cc(C)c(C4CCN(CCCS(=O)(=O)N5CCC5)CC4)cc3C)ncc2Cl)n[nH]1. The third-order valence-electron chi connectivity index (χ3n) is 7.67. The topological polar surface area (TPSA) is 119 Å². The molecule has 0 bridgehead atoms. The Hall–Kier alpha value is -2.73. The second kappa shape index (κ2) is 11.8. The fourth-order valence-corrected chi connectivity index (χ4v) is 6.99. The van der Waals surface area contributed by atoms with Gasteiger partial charge in [0, 0.05) is 30.5 Å². The summed E-state index contributed by atoms with van der Waals surface area (Å²) in [6.45, 7) is 10.4. The fraction of sp³-hybridized carbons (Fsp3) is 0.519. The van der Waals surface area contributed by atoms with Crippen LogP contribution in [0.2, 0.25) is 5.02 Å². The number of hydrogen-bond acceptors (Lipinski definition) is 8. The van der Waals surface area contributed by atoms with Crippen LogP contribution >= 0.6 is 11.6 Å². The average molecular weight is 573 g/mol. The smallest absolute Gasteiger partial charge is 0.229 e. The van der Waals surface area contributed by atoms with Gasteiger partial charge in [0.2, 0.25) is 16.0 Å². The zero-order valence-electron chi connectivity index (χ0n) is 22.8. The van der Waals surface area contributed by atoms with Gasteiger partial charge in [-0.3, -0.25) is 5.10 Å². The quantitative estimate of drug-likeness (QED) is 0.315. The van der Waals surface area contributed by atoms with Crippen LogP contribution in [0.1, 0.15) is 54.0 Å². The summed E-state index contributed by atoms with van der Waals surface area (Å²) in [5, 5.41) is 14.0. The summed E-state index contributed by atoms with van der Waals surface area (Å²) in [7, 11) is -3.06. The first kappa shape index (κ1) is 27.8. The number of nitrogens with one attached hydrogen (secondary N) is 3. The van der Waals surface area contributed by atoms with Gasteiger partial charge >= 0.3 is 0 Å². The van der Waals surface area contributed by atoms with E-state index >= 15 is 0 Å². The van der Waals surface area contributed by atoms with Crippen LogP contribution in [0, 0.1) is 20.8 Å². The standard InChI is InChI=1S/C27H37ClN8O2S/c1-18-15-24(30-27-29-17-23(28)26(32-27)31-25-16-20(3)33-34-25)19(2)14-22(18)21-6-11-35(12-7-21)8-5-13-39(37,38)36-9-4-10-36/h14-17,21H,4-13H2,1-3H3,(H3,29,30,31,32,33,34). The number of anilines is 4. The van der Waals surface area contributed by atoms with Crippen molar-refractivity contribution < 1.29 is 8.42 Å².